The predicted octanol–water partition coefficient (Wildman–Crippen LogP) is 2.60. The molecule has 2 aromatic rings. The van der Waals surface area contributed by atoms with Gasteiger partial charge in [0.05, 0.1) is 16.8 Å². The van der Waals surface area contributed by atoms with Crippen LogP contribution in [0.1, 0.15) is 5.56 Å². The Labute approximate surface area is 108 Å². The Hall–Kier alpha value is -1.10. The maximum Gasteiger partial charge on any atom is 0.322 e. The van der Waals surface area contributed by atoms with Gasteiger partial charge in [-0.2, -0.15) is 0 Å². The number of esters is 1. The van der Waals surface area contributed by atoms with Crippen LogP contribution in [0.4, 0.5) is 0 Å². The second kappa shape index (κ2) is 5.04. The molecule has 0 aliphatic rings. The van der Waals surface area contributed by atoms with Crippen molar-refractivity contribution in [2.75, 3.05) is 7.11 Å². The van der Waals surface area contributed by atoms with E-state index in [1.165, 1.54) is 7.11 Å². The van der Waals surface area contributed by atoms with Crippen molar-refractivity contribution in [3.63, 3.8) is 0 Å². The lowest BCUT2D eigenvalue weighted by atomic mass is 10.1. The number of nitrogens with two attached hydrogens (primary N) is 1. The third kappa shape index (κ3) is 2.44. The minimum absolute atomic E-state index is 0.397. The highest BCUT2D eigenvalue weighted by molar-refractivity contribution is 7.18. The zero-order chi connectivity index (χ0) is 12.4. The number of methoxy groups -OCH3 is 1. The average Bonchev–Trinajstić information content (AvgIpc) is 2.73. The van der Waals surface area contributed by atoms with Gasteiger partial charge >= 0.3 is 5.97 Å². The van der Waals surface area contributed by atoms with E-state index in [-0.39, 0.29) is 0 Å². The van der Waals surface area contributed by atoms with E-state index in [0.29, 0.717) is 6.42 Å². The molecule has 0 radical (unpaired) electrons. The molecule has 0 fully saturated rings. The van der Waals surface area contributed by atoms with Gasteiger partial charge in [0, 0.05) is 0 Å². The van der Waals surface area contributed by atoms with E-state index in [9.17, 15) is 4.79 Å². The fraction of sp³-hybridized carbons (Fsp3) is 0.250. The van der Waals surface area contributed by atoms with Crippen LogP contribution in [0.5, 0.6) is 0 Å². The van der Waals surface area contributed by atoms with Gasteiger partial charge in [0.25, 0.3) is 0 Å². The number of benzene rings is 1. The normalized spacial score (nSPS) is 12.6. The molecule has 0 saturated carbocycles. The summed E-state index contributed by atoms with van der Waals surface area (Å²) in [7, 11) is 1.34. The van der Waals surface area contributed by atoms with E-state index in [0.717, 1.165) is 20.7 Å². The van der Waals surface area contributed by atoms with Crippen molar-refractivity contribution in [3.8, 4) is 0 Å². The first kappa shape index (κ1) is 12.4. The molecule has 2 N–H and O–H groups in total. The van der Waals surface area contributed by atoms with E-state index in [1.807, 2.05) is 23.6 Å². The van der Waals surface area contributed by atoms with Gasteiger partial charge in [-0.15, -0.1) is 11.3 Å². The zero-order valence-corrected chi connectivity index (χ0v) is 10.8. The van der Waals surface area contributed by atoms with Crippen molar-refractivity contribution in [1.29, 1.82) is 0 Å². The van der Waals surface area contributed by atoms with Crippen LogP contribution in [-0.4, -0.2) is 19.1 Å². The van der Waals surface area contributed by atoms with Gasteiger partial charge in [-0.05, 0) is 28.8 Å². The monoisotopic (exact) mass is 269 g/mol. The number of halogens is 1. The molecule has 0 bridgehead atoms. The Morgan fingerprint density at radius 2 is 2.35 bits per heavy atom. The fourth-order valence-electron chi connectivity index (χ4n) is 1.70. The molecule has 90 valence electrons. The van der Waals surface area contributed by atoms with Crippen molar-refractivity contribution >= 4 is 39.0 Å². The van der Waals surface area contributed by atoms with Crippen LogP contribution in [-0.2, 0) is 16.0 Å². The molecule has 17 heavy (non-hydrogen) atoms. The maximum atomic E-state index is 11.3. The second-order valence-corrected chi connectivity index (χ2v) is 5.00. The quantitative estimate of drug-likeness (QED) is 0.872. The number of carbonyl (C=O) groups excluding carboxylic acids is 1. The standard InChI is InChI=1S/C12H12ClNO2S/c1-16-12(15)10(14)5-7-6-17-11-8(7)3-2-4-9(11)13/h2-4,6,10H,5,14H2,1H3/t10-/m0/s1. The molecule has 0 amide bonds. The number of hydrogen-bond donors (Lipinski definition) is 1. The minimum Gasteiger partial charge on any atom is -0.468 e. The van der Waals surface area contributed by atoms with Crippen LogP contribution in [0.15, 0.2) is 23.6 Å². The number of ether oxygens (including phenoxy) is 1. The van der Waals surface area contributed by atoms with Crippen LogP contribution >= 0.6 is 22.9 Å². The van der Waals surface area contributed by atoms with Crippen molar-refractivity contribution in [3.05, 3.63) is 34.2 Å². The third-order valence-electron chi connectivity index (χ3n) is 2.58. The topological polar surface area (TPSA) is 52.3 Å². The van der Waals surface area contributed by atoms with E-state index < -0.39 is 12.0 Å². The summed E-state index contributed by atoms with van der Waals surface area (Å²) in [6, 6.07) is 5.10. The molecule has 0 saturated heterocycles. The molecular weight excluding hydrogens is 258 g/mol. The fourth-order valence-corrected chi connectivity index (χ4v) is 3.00. The highest BCUT2D eigenvalue weighted by atomic mass is 35.5. The first-order valence-corrected chi connectivity index (χ1v) is 6.37. The SMILES string of the molecule is COC(=O)[C@@H](N)Cc1csc2c(Cl)cccc12. The van der Waals surface area contributed by atoms with Crippen LogP contribution in [0, 0.1) is 0 Å². The number of carbonyl (C=O) groups is 1. The molecule has 0 unspecified atom stereocenters. The highest BCUT2D eigenvalue weighted by Gasteiger charge is 2.16. The minimum atomic E-state index is -0.628. The van der Waals surface area contributed by atoms with Gasteiger partial charge in [-0.3, -0.25) is 4.79 Å². The summed E-state index contributed by atoms with van der Waals surface area (Å²) in [6.45, 7) is 0. The zero-order valence-electron chi connectivity index (χ0n) is 9.27. The number of fused-ring (bicyclic) bond motifs is 1. The summed E-state index contributed by atoms with van der Waals surface area (Å²) in [5.74, 6) is -0.397. The predicted molar refractivity (Wildman–Crippen MR) is 70.5 cm³/mol. The molecular formula is C12H12ClNO2S. The molecule has 5 heteroatoms. The van der Waals surface area contributed by atoms with Crippen molar-refractivity contribution < 1.29 is 9.53 Å². The number of rotatable bonds is 3. The number of hydrogen-bond acceptors (Lipinski definition) is 4. The summed E-state index contributed by atoms with van der Waals surface area (Å²) in [4.78, 5) is 11.3. The van der Waals surface area contributed by atoms with Gasteiger partial charge in [-0.1, -0.05) is 23.7 Å². The smallest absolute Gasteiger partial charge is 0.322 e. The summed E-state index contributed by atoms with van der Waals surface area (Å²) >= 11 is 7.65. The molecule has 0 aliphatic heterocycles. The lowest BCUT2D eigenvalue weighted by Gasteiger charge is -2.08. The second-order valence-electron chi connectivity index (χ2n) is 3.71. The number of thiophene rings is 1. The maximum absolute atomic E-state index is 11.3. The van der Waals surface area contributed by atoms with Crippen molar-refractivity contribution in [1.82, 2.24) is 0 Å². The van der Waals surface area contributed by atoms with Crippen LogP contribution in [0.25, 0.3) is 10.1 Å². The van der Waals surface area contributed by atoms with Gasteiger partial charge in [0.15, 0.2) is 0 Å². The summed E-state index contributed by atoms with van der Waals surface area (Å²) in [5, 5.41) is 3.77. The van der Waals surface area contributed by atoms with Crippen LogP contribution in [0.2, 0.25) is 5.02 Å². The molecule has 1 aromatic heterocycles. The largest absolute Gasteiger partial charge is 0.468 e. The first-order valence-electron chi connectivity index (χ1n) is 5.11. The van der Waals surface area contributed by atoms with Gasteiger partial charge in [-0.25, -0.2) is 0 Å². The van der Waals surface area contributed by atoms with Crippen LogP contribution in [0.3, 0.4) is 0 Å². The summed E-state index contributed by atoms with van der Waals surface area (Å²) in [6.07, 6.45) is 0.465. The molecule has 0 aliphatic carbocycles. The van der Waals surface area contributed by atoms with Crippen molar-refractivity contribution in [2.24, 2.45) is 5.73 Å². The Bertz CT molecular complexity index is 552. The molecule has 0 spiro atoms. The Morgan fingerprint density at radius 1 is 1.59 bits per heavy atom. The summed E-state index contributed by atoms with van der Waals surface area (Å²) in [5.41, 5.74) is 6.78. The van der Waals surface area contributed by atoms with Crippen LogP contribution < -0.4 is 5.73 Å². The lowest BCUT2D eigenvalue weighted by Crippen LogP contribution is -2.33. The summed E-state index contributed by atoms with van der Waals surface area (Å²) < 4.78 is 5.64. The van der Waals surface area contributed by atoms with Gasteiger partial charge < -0.3 is 10.5 Å². The van der Waals surface area contributed by atoms with Crippen molar-refractivity contribution in [2.45, 2.75) is 12.5 Å². The van der Waals surface area contributed by atoms with Gasteiger partial charge in [0.2, 0.25) is 0 Å². The molecule has 1 atom stereocenters. The Kier molecular flexibility index (Phi) is 3.66. The van der Waals surface area contributed by atoms with E-state index in [1.54, 1.807) is 11.3 Å². The Morgan fingerprint density at radius 3 is 3.06 bits per heavy atom. The van der Waals surface area contributed by atoms with Gasteiger partial charge in [0.1, 0.15) is 6.04 Å². The molecule has 3 nitrogen and oxygen atoms in total. The first-order chi connectivity index (χ1) is 8.13. The Balaban J connectivity index is 2.31. The third-order valence-corrected chi connectivity index (χ3v) is 4.08. The van der Waals surface area contributed by atoms with E-state index in [4.69, 9.17) is 17.3 Å². The molecule has 2 rings (SSSR count). The molecule has 1 aromatic carbocycles. The lowest BCUT2D eigenvalue weighted by molar-refractivity contribution is -0.142. The molecule has 1 heterocycles. The highest BCUT2D eigenvalue weighted by Crippen LogP contribution is 2.32. The average molecular weight is 270 g/mol. The van der Waals surface area contributed by atoms with E-state index in [2.05, 4.69) is 4.74 Å². The van der Waals surface area contributed by atoms with E-state index >= 15 is 0 Å².